The van der Waals surface area contributed by atoms with Gasteiger partial charge in [0.15, 0.2) is 0 Å². The Hall–Kier alpha value is -0.780. The first-order valence-electron chi connectivity index (χ1n) is 5.52. The highest BCUT2D eigenvalue weighted by Crippen LogP contribution is 2.45. The van der Waals surface area contributed by atoms with Gasteiger partial charge in [-0.05, 0) is 24.6 Å². The highest BCUT2D eigenvalue weighted by Gasteiger charge is 2.40. The fourth-order valence-electron chi connectivity index (χ4n) is 2.67. The summed E-state index contributed by atoms with van der Waals surface area (Å²) < 4.78 is 26.8. The van der Waals surface area contributed by atoms with E-state index >= 15 is 0 Å². The third kappa shape index (κ3) is 1.49. The maximum Gasteiger partial charge on any atom is 0.244 e. The fourth-order valence-corrected chi connectivity index (χ4v) is 4.44. The minimum absolute atomic E-state index is 0.197. The molecule has 0 aliphatic carbocycles. The van der Waals surface area contributed by atoms with Crippen molar-refractivity contribution in [3.05, 3.63) is 22.7 Å². The molecule has 0 fully saturated rings. The van der Waals surface area contributed by atoms with Gasteiger partial charge in [-0.1, -0.05) is 18.5 Å². The fraction of sp³-hybridized carbons (Fsp3) is 0.455. The Bertz CT molecular complexity index is 600. The van der Waals surface area contributed by atoms with Gasteiger partial charge in [-0.15, -0.1) is 0 Å². The normalized spacial score (nSPS) is 29.2. The van der Waals surface area contributed by atoms with Gasteiger partial charge in [-0.2, -0.15) is 4.72 Å². The highest BCUT2D eigenvalue weighted by molar-refractivity contribution is 7.89. The largest absolute Gasteiger partial charge is 0.353 e. The third-order valence-electron chi connectivity index (χ3n) is 3.44. The van der Waals surface area contributed by atoms with Crippen molar-refractivity contribution in [1.29, 1.82) is 0 Å². The van der Waals surface area contributed by atoms with Gasteiger partial charge in [0.05, 0.1) is 11.9 Å². The number of anilines is 1. The van der Waals surface area contributed by atoms with E-state index in [4.69, 9.17) is 11.6 Å². The van der Waals surface area contributed by atoms with Crippen LogP contribution in [0.25, 0.3) is 0 Å². The van der Waals surface area contributed by atoms with Crippen LogP contribution in [0.4, 0.5) is 5.69 Å². The van der Waals surface area contributed by atoms with Gasteiger partial charge in [-0.3, -0.25) is 0 Å². The van der Waals surface area contributed by atoms with Crippen molar-refractivity contribution in [2.24, 2.45) is 0 Å². The number of halogens is 1. The number of benzene rings is 1. The summed E-state index contributed by atoms with van der Waals surface area (Å²) in [6, 6.07) is 3.40. The average molecular weight is 273 g/mol. The Morgan fingerprint density at radius 1 is 1.41 bits per heavy atom. The molecule has 2 aliphatic rings. The zero-order chi connectivity index (χ0) is 12.4. The highest BCUT2D eigenvalue weighted by atomic mass is 35.5. The molecule has 4 nitrogen and oxygen atoms in total. The molecule has 1 unspecified atom stereocenters. The monoisotopic (exact) mass is 272 g/mol. The molecule has 1 N–H and O–H groups in total. The molecule has 2 heterocycles. The van der Waals surface area contributed by atoms with Crippen molar-refractivity contribution in [3.8, 4) is 0 Å². The van der Waals surface area contributed by atoms with Crippen molar-refractivity contribution >= 4 is 27.3 Å². The maximum absolute atomic E-state index is 12.1. The summed E-state index contributed by atoms with van der Waals surface area (Å²) in [5, 5.41) is 0.479. The van der Waals surface area contributed by atoms with Crippen molar-refractivity contribution in [3.63, 3.8) is 0 Å². The van der Waals surface area contributed by atoms with Crippen molar-refractivity contribution in [2.75, 3.05) is 11.4 Å². The van der Waals surface area contributed by atoms with E-state index in [2.05, 4.69) is 16.5 Å². The Kier molecular flexibility index (Phi) is 2.24. The second kappa shape index (κ2) is 3.37. The van der Waals surface area contributed by atoms with E-state index in [1.165, 1.54) is 6.07 Å². The molecule has 0 bridgehead atoms. The summed E-state index contributed by atoms with van der Waals surface area (Å²) in [7, 11) is -3.43. The van der Waals surface area contributed by atoms with Crippen LogP contribution in [0.5, 0.6) is 0 Å². The molecule has 0 saturated carbocycles. The Morgan fingerprint density at radius 2 is 2.12 bits per heavy atom. The minimum Gasteiger partial charge on any atom is -0.353 e. The first-order valence-corrected chi connectivity index (χ1v) is 7.38. The SMILES string of the molecule is CC1NS(=O)(=O)c2cc(Cl)cc3c2N1C[C@H]3C. The van der Waals surface area contributed by atoms with Crippen LogP contribution in [0.15, 0.2) is 17.0 Å². The second-order valence-electron chi connectivity index (χ2n) is 4.69. The Labute approximate surface area is 106 Å². The first kappa shape index (κ1) is 11.3. The van der Waals surface area contributed by atoms with Crippen LogP contribution in [-0.4, -0.2) is 21.1 Å². The first-order chi connectivity index (χ1) is 7.90. The molecule has 6 heteroatoms. The lowest BCUT2D eigenvalue weighted by Gasteiger charge is -2.34. The van der Waals surface area contributed by atoms with E-state index in [0.717, 1.165) is 17.8 Å². The molecule has 0 spiro atoms. The smallest absolute Gasteiger partial charge is 0.244 e. The molecule has 0 aromatic heterocycles. The van der Waals surface area contributed by atoms with Crippen LogP contribution < -0.4 is 9.62 Å². The Morgan fingerprint density at radius 3 is 2.82 bits per heavy atom. The van der Waals surface area contributed by atoms with E-state index < -0.39 is 10.0 Å². The standard InChI is InChI=1S/C11H13ClN2O2S/c1-6-5-14-7(2)13-17(15,16)10-4-8(12)3-9(6)11(10)14/h3-4,6-7,13H,5H2,1-2H3/t6-,7?/m1/s1. The molecule has 2 aliphatic heterocycles. The molecule has 1 aromatic carbocycles. The zero-order valence-corrected chi connectivity index (χ0v) is 11.1. The lowest BCUT2D eigenvalue weighted by molar-refractivity contribution is 0.534. The lowest BCUT2D eigenvalue weighted by Crippen LogP contribution is -2.49. The second-order valence-corrected chi connectivity index (χ2v) is 6.81. The zero-order valence-electron chi connectivity index (χ0n) is 9.57. The molecule has 3 rings (SSSR count). The molecular weight excluding hydrogens is 260 g/mol. The molecule has 2 atom stereocenters. The van der Waals surface area contributed by atoms with E-state index in [1.54, 1.807) is 0 Å². The summed E-state index contributed by atoms with van der Waals surface area (Å²) in [5.74, 6) is 0.306. The van der Waals surface area contributed by atoms with Gasteiger partial charge < -0.3 is 4.90 Å². The number of rotatable bonds is 0. The van der Waals surface area contributed by atoms with Crippen molar-refractivity contribution in [2.45, 2.75) is 30.8 Å². The van der Waals surface area contributed by atoms with Crippen molar-refractivity contribution < 1.29 is 8.42 Å². The van der Waals surface area contributed by atoms with Crippen LogP contribution in [0.3, 0.4) is 0 Å². The Balaban J connectivity index is 2.37. The quantitative estimate of drug-likeness (QED) is 0.785. The predicted octanol–water partition coefficient (Wildman–Crippen LogP) is 1.90. The topological polar surface area (TPSA) is 49.4 Å². The van der Waals surface area contributed by atoms with E-state index in [1.807, 2.05) is 13.0 Å². The van der Waals surface area contributed by atoms with E-state index in [9.17, 15) is 8.42 Å². The summed E-state index contributed by atoms with van der Waals surface area (Å²) in [5.41, 5.74) is 1.86. The maximum atomic E-state index is 12.1. The number of hydrogen-bond donors (Lipinski definition) is 1. The van der Waals surface area contributed by atoms with Crippen LogP contribution in [0.1, 0.15) is 25.3 Å². The summed E-state index contributed by atoms with van der Waals surface area (Å²) in [6.07, 6.45) is -0.197. The van der Waals surface area contributed by atoms with Crippen LogP contribution in [0, 0.1) is 0 Å². The number of sulfonamides is 1. The van der Waals surface area contributed by atoms with Gasteiger partial charge in [-0.25, -0.2) is 8.42 Å². The van der Waals surface area contributed by atoms with Gasteiger partial charge >= 0.3 is 0 Å². The molecule has 0 saturated heterocycles. The lowest BCUT2D eigenvalue weighted by atomic mass is 10.0. The third-order valence-corrected chi connectivity index (χ3v) is 5.20. The van der Waals surface area contributed by atoms with Gasteiger partial charge in [0.2, 0.25) is 10.0 Å². The molecule has 1 aromatic rings. The van der Waals surface area contributed by atoms with Gasteiger partial charge in [0.25, 0.3) is 0 Å². The average Bonchev–Trinajstić information content (AvgIpc) is 2.53. The van der Waals surface area contributed by atoms with Crippen LogP contribution in [0.2, 0.25) is 5.02 Å². The molecule has 92 valence electrons. The predicted molar refractivity (Wildman–Crippen MR) is 67.0 cm³/mol. The summed E-state index contributed by atoms with van der Waals surface area (Å²) >= 11 is 6.00. The number of nitrogens with one attached hydrogen (secondary N) is 1. The van der Waals surface area contributed by atoms with Gasteiger partial charge in [0, 0.05) is 17.5 Å². The van der Waals surface area contributed by atoms with Crippen LogP contribution >= 0.6 is 11.6 Å². The van der Waals surface area contributed by atoms with E-state index in [0.29, 0.717) is 15.8 Å². The van der Waals surface area contributed by atoms with Crippen molar-refractivity contribution in [1.82, 2.24) is 4.72 Å². The molecule has 17 heavy (non-hydrogen) atoms. The number of hydrogen-bond acceptors (Lipinski definition) is 3. The summed E-state index contributed by atoms with van der Waals surface area (Å²) in [6.45, 7) is 4.77. The van der Waals surface area contributed by atoms with E-state index in [-0.39, 0.29) is 6.17 Å². The molecular formula is C11H13ClN2O2S. The summed E-state index contributed by atoms with van der Waals surface area (Å²) in [4.78, 5) is 2.40. The van der Waals surface area contributed by atoms with Crippen LogP contribution in [-0.2, 0) is 10.0 Å². The minimum atomic E-state index is -3.43. The number of nitrogens with zero attached hydrogens (tertiary/aromatic N) is 1. The van der Waals surface area contributed by atoms with Gasteiger partial charge in [0.1, 0.15) is 4.90 Å². The molecule has 0 radical (unpaired) electrons. The molecule has 0 amide bonds.